The van der Waals surface area contributed by atoms with Gasteiger partial charge in [-0.15, -0.1) is 12.4 Å². The van der Waals surface area contributed by atoms with E-state index in [1.807, 2.05) is 0 Å². The standard InChI is InChI=1S/C12H16ClN3O4S.ClH/c1-8-6-10(16(17)18)12(13)11(7-8)21(19,20)15-4-2-9(14)3-5-15;/h6-7,9H,2-5,14H2,1H3;1H. The summed E-state index contributed by atoms with van der Waals surface area (Å²) in [4.78, 5) is 10.1. The zero-order valence-electron chi connectivity index (χ0n) is 11.9. The van der Waals surface area contributed by atoms with Gasteiger partial charge < -0.3 is 5.73 Å². The quantitative estimate of drug-likeness (QED) is 0.648. The van der Waals surface area contributed by atoms with Gasteiger partial charge in [-0.3, -0.25) is 10.1 Å². The van der Waals surface area contributed by atoms with Gasteiger partial charge in [0.15, 0.2) is 0 Å². The fourth-order valence-electron chi connectivity index (χ4n) is 2.29. The number of sulfonamides is 1. The number of nitro groups is 1. The van der Waals surface area contributed by atoms with Gasteiger partial charge in [-0.1, -0.05) is 11.6 Å². The van der Waals surface area contributed by atoms with Gasteiger partial charge in [0.05, 0.1) is 4.92 Å². The molecule has 1 saturated heterocycles. The SMILES string of the molecule is Cc1cc([N+](=O)[O-])c(Cl)c(S(=O)(=O)N2CCC(N)CC2)c1.Cl. The Labute approximate surface area is 140 Å². The second-order valence-electron chi connectivity index (χ2n) is 5.09. The fourth-order valence-corrected chi connectivity index (χ4v) is 4.40. The van der Waals surface area contributed by atoms with Gasteiger partial charge in [-0.2, -0.15) is 4.31 Å². The van der Waals surface area contributed by atoms with Crippen molar-refractivity contribution in [1.29, 1.82) is 0 Å². The molecule has 0 amide bonds. The Morgan fingerprint density at radius 3 is 2.41 bits per heavy atom. The maximum atomic E-state index is 12.6. The topological polar surface area (TPSA) is 107 Å². The van der Waals surface area contributed by atoms with Crippen molar-refractivity contribution in [3.05, 3.63) is 32.8 Å². The molecule has 1 fully saturated rings. The third kappa shape index (κ3) is 3.69. The van der Waals surface area contributed by atoms with Crippen LogP contribution in [0.5, 0.6) is 0 Å². The van der Waals surface area contributed by atoms with Gasteiger partial charge in [0.2, 0.25) is 10.0 Å². The molecule has 124 valence electrons. The van der Waals surface area contributed by atoms with Crippen molar-refractivity contribution in [3.8, 4) is 0 Å². The molecule has 7 nitrogen and oxygen atoms in total. The van der Waals surface area contributed by atoms with E-state index in [-0.39, 0.29) is 28.4 Å². The van der Waals surface area contributed by atoms with Crippen molar-refractivity contribution in [2.75, 3.05) is 13.1 Å². The van der Waals surface area contributed by atoms with Crippen molar-refractivity contribution >= 4 is 39.7 Å². The van der Waals surface area contributed by atoms with Crippen molar-refractivity contribution in [1.82, 2.24) is 4.31 Å². The summed E-state index contributed by atoms with van der Waals surface area (Å²) >= 11 is 5.94. The molecule has 1 heterocycles. The monoisotopic (exact) mass is 369 g/mol. The second kappa shape index (κ2) is 7.10. The Bertz CT molecular complexity index is 673. The summed E-state index contributed by atoms with van der Waals surface area (Å²) in [6.07, 6.45) is 1.12. The van der Waals surface area contributed by atoms with Crippen molar-refractivity contribution < 1.29 is 13.3 Å². The number of hydrogen-bond acceptors (Lipinski definition) is 5. The number of halogens is 2. The van der Waals surface area contributed by atoms with Crippen LogP contribution in [0.4, 0.5) is 5.69 Å². The average Bonchev–Trinajstić information content (AvgIpc) is 2.41. The molecule has 0 spiro atoms. The Kier molecular flexibility index (Phi) is 6.17. The summed E-state index contributed by atoms with van der Waals surface area (Å²) in [6.45, 7) is 2.18. The summed E-state index contributed by atoms with van der Waals surface area (Å²) < 4.78 is 26.5. The highest BCUT2D eigenvalue weighted by atomic mass is 35.5. The Hall–Kier alpha value is -0.930. The Balaban J connectivity index is 0.00000242. The first kappa shape index (κ1) is 19.1. The van der Waals surface area contributed by atoms with E-state index >= 15 is 0 Å². The Morgan fingerprint density at radius 2 is 1.91 bits per heavy atom. The molecule has 2 N–H and O–H groups in total. The largest absolute Gasteiger partial charge is 0.328 e. The maximum absolute atomic E-state index is 12.6. The summed E-state index contributed by atoms with van der Waals surface area (Å²) in [6, 6.07) is 2.60. The number of aryl methyl sites for hydroxylation is 1. The van der Waals surface area contributed by atoms with Gasteiger partial charge in [-0.25, -0.2) is 8.42 Å². The van der Waals surface area contributed by atoms with Gasteiger partial charge in [0.1, 0.15) is 9.92 Å². The van der Waals surface area contributed by atoms with Gasteiger partial charge in [0.25, 0.3) is 5.69 Å². The van der Waals surface area contributed by atoms with E-state index in [1.165, 1.54) is 16.4 Å². The number of benzene rings is 1. The van der Waals surface area contributed by atoms with Crippen molar-refractivity contribution in [2.24, 2.45) is 5.73 Å². The number of nitrogens with zero attached hydrogens (tertiary/aromatic N) is 2. The zero-order chi connectivity index (χ0) is 15.8. The molecule has 1 aliphatic rings. The molecule has 0 atom stereocenters. The molecule has 0 aliphatic carbocycles. The third-order valence-electron chi connectivity index (χ3n) is 3.48. The Morgan fingerprint density at radius 1 is 1.36 bits per heavy atom. The average molecular weight is 370 g/mol. The highest BCUT2D eigenvalue weighted by molar-refractivity contribution is 7.89. The molecule has 22 heavy (non-hydrogen) atoms. The van der Waals surface area contributed by atoms with Crippen LogP contribution in [0.3, 0.4) is 0 Å². The lowest BCUT2D eigenvalue weighted by Gasteiger charge is -2.29. The van der Waals surface area contributed by atoms with E-state index in [4.69, 9.17) is 17.3 Å². The van der Waals surface area contributed by atoms with Gasteiger partial charge in [-0.05, 0) is 31.4 Å². The highest BCUT2D eigenvalue weighted by Crippen LogP contribution is 2.34. The minimum absolute atomic E-state index is 0. The molecule has 0 saturated carbocycles. The van der Waals surface area contributed by atoms with Crippen molar-refractivity contribution in [2.45, 2.75) is 30.7 Å². The van der Waals surface area contributed by atoms with Gasteiger partial charge >= 0.3 is 0 Å². The van der Waals surface area contributed by atoms with E-state index in [9.17, 15) is 18.5 Å². The van der Waals surface area contributed by atoms with Crippen LogP contribution in [0, 0.1) is 17.0 Å². The molecule has 2 rings (SSSR count). The van der Waals surface area contributed by atoms with Crippen LogP contribution in [-0.4, -0.2) is 36.8 Å². The van der Waals surface area contributed by atoms with Crippen LogP contribution in [0.2, 0.25) is 5.02 Å². The molecular formula is C12H17Cl2N3O4S. The first-order valence-corrected chi connectivity index (χ1v) is 8.25. The lowest BCUT2D eigenvalue weighted by atomic mass is 10.1. The first-order valence-electron chi connectivity index (χ1n) is 6.43. The van der Waals surface area contributed by atoms with Crippen LogP contribution in [0.15, 0.2) is 17.0 Å². The molecule has 0 aromatic heterocycles. The summed E-state index contributed by atoms with van der Waals surface area (Å²) in [5.74, 6) is 0. The predicted molar refractivity (Wildman–Crippen MR) is 86.1 cm³/mol. The van der Waals surface area contributed by atoms with E-state index in [1.54, 1.807) is 6.92 Å². The van der Waals surface area contributed by atoms with Crippen LogP contribution in [0.25, 0.3) is 0 Å². The number of rotatable bonds is 3. The lowest BCUT2D eigenvalue weighted by molar-refractivity contribution is -0.385. The van der Waals surface area contributed by atoms with Crippen LogP contribution in [-0.2, 0) is 10.0 Å². The molecule has 1 aromatic carbocycles. The van der Waals surface area contributed by atoms with Crippen LogP contribution < -0.4 is 5.73 Å². The summed E-state index contributed by atoms with van der Waals surface area (Å²) in [7, 11) is -3.85. The number of nitrogens with two attached hydrogens (primary N) is 1. The zero-order valence-corrected chi connectivity index (χ0v) is 14.2. The highest BCUT2D eigenvalue weighted by Gasteiger charge is 2.32. The lowest BCUT2D eigenvalue weighted by Crippen LogP contribution is -2.42. The van der Waals surface area contributed by atoms with Crippen molar-refractivity contribution in [3.63, 3.8) is 0 Å². The van der Waals surface area contributed by atoms with E-state index in [0.717, 1.165) is 0 Å². The fraction of sp³-hybridized carbons (Fsp3) is 0.500. The minimum atomic E-state index is -3.85. The summed E-state index contributed by atoms with van der Waals surface area (Å²) in [5, 5.41) is 10.6. The third-order valence-corrected chi connectivity index (χ3v) is 5.91. The molecule has 1 aromatic rings. The second-order valence-corrected chi connectivity index (χ2v) is 7.38. The van der Waals surface area contributed by atoms with E-state index in [0.29, 0.717) is 31.5 Å². The predicted octanol–water partition coefficient (Wildman–Crippen LogP) is 2.09. The molecule has 0 unspecified atom stereocenters. The molecule has 1 aliphatic heterocycles. The molecule has 10 heteroatoms. The minimum Gasteiger partial charge on any atom is -0.328 e. The van der Waals surface area contributed by atoms with Gasteiger partial charge in [0, 0.05) is 25.2 Å². The number of piperidine rings is 1. The molecular weight excluding hydrogens is 353 g/mol. The number of hydrogen-bond donors (Lipinski definition) is 1. The van der Waals surface area contributed by atoms with E-state index < -0.39 is 20.6 Å². The maximum Gasteiger partial charge on any atom is 0.289 e. The molecule has 0 bridgehead atoms. The van der Waals surface area contributed by atoms with E-state index in [2.05, 4.69) is 0 Å². The van der Waals surface area contributed by atoms with Crippen LogP contribution >= 0.6 is 24.0 Å². The smallest absolute Gasteiger partial charge is 0.289 e. The normalized spacial score (nSPS) is 17.0. The first-order chi connectivity index (χ1) is 9.73. The molecule has 0 radical (unpaired) electrons. The number of nitro benzene ring substituents is 1. The summed E-state index contributed by atoms with van der Waals surface area (Å²) in [5.41, 5.74) is 5.83. The van der Waals surface area contributed by atoms with Crippen LogP contribution in [0.1, 0.15) is 18.4 Å².